The number of esters is 1. The predicted molar refractivity (Wildman–Crippen MR) is 69.3 cm³/mol. The fourth-order valence-electron chi connectivity index (χ4n) is 1.72. The van der Waals surface area contributed by atoms with Crippen LogP contribution in [-0.2, 0) is 14.3 Å². The first-order valence-corrected chi connectivity index (χ1v) is 6.72. The molecule has 0 saturated heterocycles. The van der Waals surface area contributed by atoms with Crippen LogP contribution in [-0.4, -0.2) is 42.8 Å². The summed E-state index contributed by atoms with van der Waals surface area (Å²) in [5, 5.41) is 0. The third-order valence-electron chi connectivity index (χ3n) is 2.61. The lowest BCUT2D eigenvalue weighted by Gasteiger charge is -2.28. The Morgan fingerprint density at radius 3 is 2.11 bits per heavy atom. The number of likely N-dealkylation sites (N-methyl/N-ethyl adjacent to an activating group) is 1. The summed E-state index contributed by atoms with van der Waals surface area (Å²) in [6, 6.07) is -0.533. The van der Waals surface area contributed by atoms with E-state index in [1.807, 2.05) is 13.8 Å². The number of carbonyl (C=O) groups is 2. The standard InChI is InChI=1S/C13H25NO4/c1-5-9-10-11(12(15)17-7-3)14(6-2)13(16)18-8-4/h11H,5-10H2,1-4H3. The zero-order valence-electron chi connectivity index (χ0n) is 11.9. The van der Waals surface area contributed by atoms with E-state index in [1.54, 1.807) is 13.8 Å². The number of amides is 1. The third-order valence-corrected chi connectivity index (χ3v) is 2.61. The summed E-state index contributed by atoms with van der Waals surface area (Å²) < 4.78 is 9.99. The van der Waals surface area contributed by atoms with Gasteiger partial charge in [-0.05, 0) is 27.2 Å². The number of hydrogen-bond donors (Lipinski definition) is 0. The highest BCUT2D eigenvalue weighted by Crippen LogP contribution is 2.12. The van der Waals surface area contributed by atoms with Crippen LogP contribution in [0, 0.1) is 0 Å². The van der Waals surface area contributed by atoms with E-state index < -0.39 is 12.1 Å². The molecule has 0 aliphatic rings. The molecule has 1 unspecified atom stereocenters. The van der Waals surface area contributed by atoms with Crippen molar-refractivity contribution >= 4 is 12.1 Å². The third kappa shape index (κ3) is 5.38. The molecule has 0 bridgehead atoms. The molecule has 0 saturated carbocycles. The van der Waals surface area contributed by atoms with Crippen molar-refractivity contribution in [3.63, 3.8) is 0 Å². The second-order valence-electron chi connectivity index (χ2n) is 3.90. The molecular formula is C13H25NO4. The quantitative estimate of drug-likeness (QED) is 0.629. The lowest BCUT2D eigenvalue weighted by atomic mass is 10.1. The number of nitrogens with zero attached hydrogens (tertiary/aromatic N) is 1. The highest BCUT2D eigenvalue weighted by Gasteiger charge is 2.30. The molecule has 5 heteroatoms. The van der Waals surface area contributed by atoms with Gasteiger partial charge < -0.3 is 9.47 Å². The van der Waals surface area contributed by atoms with Gasteiger partial charge in [-0.2, -0.15) is 0 Å². The molecular weight excluding hydrogens is 234 g/mol. The van der Waals surface area contributed by atoms with Crippen LogP contribution in [0.4, 0.5) is 4.79 Å². The van der Waals surface area contributed by atoms with Gasteiger partial charge in [0.25, 0.3) is 0 Å². The Labute approximate surface area is 109 Å². The zero-order chi connectivity index (χ0) is 14.0. The van der Waals surface area contributed by atoms with Gasteiger partial charge in [0.1, 0.15) is 6.04 Å². The molecule has 0 fully saturated rings. The van der Waals surface area contributed by atoms with Crippen molar-refractivity contribution in [2.24, 2.45) is 0 Å². The molecule has 18 heavy (non-hydrogen) atoms. The number of carbonyl (C=O) groups excluding carboxylic acids is 2. The van der Waals surface area contributed by atoms with Gasteiger partial charge in [-0.15, -0.1) is 0 Å². The van der Waals surface area contributed by atoms with E-state index in [4.69, 9.17) is 9.47 Å². The van der Waals surface area contributed by atoms with E-state index in [1.165, 1.54) is 4.90 Å². The lowest BCUT2D eigenvalue weighted by Crippen LogP contribution is -2.46. The van der Waals surface area contributed by atoms with E-state index in [-0.39, 0.29) is 5.97 Å². The van der Waals surface area contributed by atoms with E-state index in [0.29, 0.717) is 26.2 Å². The molecule has 0 radical (unpaired) electrons. The van der Waals surface area contributed by atoms with Gasteiger partial charge in [0.15, 0.2) is 0 Å². The number of rotatable bonds is 8. The van der Waals surface area contributed by atoms with Crippen molar-refractivity contribution in [3.8, 4) is 0 Å². The summed E-state index contributed by atoms with van der Waals surface area (Å²) in [7, 11) is 0. The molecule has 0 aromatic rings. The molecule has 106 valence electrons. The SMILES string of the molecule is CCCCC(C(=O)OCC)N(CC)C(=O)OCC. The molecule has 0 aromatic heterocycles. The minimum absolute atomic E-state index is 0.304. The largest absolute Gasteiger partial charge is 0.464 e. The molecule has 1 atom stereocenters. The van der Waals surface area contributed by atoms with Crippen molar-refractivity contribution < 1.29 is 19.1 Å². The van der Waals surface area contributed by atoms with E-state index in [0.717, 1.165) is 12.8 Å². The van der Waals surface area contributed by atoms with Crippen LogP contribution in [0.3, 0.4) is 0 Å². The second-order valence-corrected chi connectivity index (χ2v) is 3.90. The van der Waals surface area contributed by atoms with Gasteiger partial charge in [0, 0.05) is 6.54 Å². The Balaban J connectivity index is 4.76. The topological polar surface area (TPSA) is 55.8 Å². The molecule has 0 heterocycles. The van der Waals surface area contributed by atoms with Crippen LogP contribution in [0.1, 0.15) is 47.0 Å². The van der Waals surface area contributed by atoms with E-state index >= 15 is 0 Å². The summed E-state index contributed by atoms with van der Waals surface area (Å²) in [6.45, 7) is 8.44. The van der Waals surface area contributed by atoms with Gasteiger partial charge in [-0.25, -0.2) is 9.59 Å². The molecule has 5 nitrogen and oxygen atoms in total. The summed E-state index contributed by atoms with van der Waals surface area (Å²) in [6.07, 6.45) is 2.01. The first kappa shape index (κ1) is 16.7. The van der Waals surface area contributed by atoms with Gasteiger partial charge in [0.2, 0.25) is 0 Å². The Morgan fingerprint density at radius 2 is 1.67 bits per heavy atom. The monoisotopic (exact) mass is 259 g/mol. The van der Waals surface area contributed by atoms with E-state index in [2.05, 4.69) is 0 Å². The first-order valence-electron chi connectivity index (χ1n) is 6.72. The maximum Gasteiger partial charge on any atom is 0.410 e. The summed E-state index contributed by atoms with van der Waals surface area (Å²) >= 11 is 0. The zero-order valence-corrected chi connectivity index (χ0v) is 11.9. The fraction of sp³-hybridized carbons (Fsp3) is 0.846. The first-order chi connectivity index (χ1) is 8.62. The van der Waals surface area contributed by atoms with Crippen molar-refractivity contribution in [2.75, 3.05) is 19.8 Å². The fourth-order valence-corrected chi connectivity index (χ4v) is 1.72. The number of unbranched alkanes of at least 4 members (excludes halogenated alkanes) is 1. The summed E-state index contributed by atoms with van der Waals surface area (Å²) in [4.78, 5) is 25.1. The summed E-state index contributed by atoms with van der Waals surface area (Å²) in [5.41, 5.74) is 0. The number of hydrogen-bond acceptors (Lipinski definition) is 4. The van der Waals surface area contributed by atoms with Crippen LogP contribution in [0.5, 0.6) is 0 Å². The van der Waals surface area contributed by atoms with Crippen LogP contribution in [0.15, 0.2) is 0 Å². The molecule has 0 rings (SSSR count). The average molecular weight is 259 g/mol. The highest BCUT2D eigenvalue weighted by atomic mass is 16.6. The molecule has 0 spiro atoms. The second kappa shape index (κ2) is 9.74. The van der Waals surface area contributed by atoms with E-state index in [9.17, 15) is 9.59 Å². The predicted octanol–water partition coefficient (Wildman–Crippen LogP) is 2.59. The molecule has 1 amide bonds. The Bertz CT molecular complexity index is 255. The minimum Gasteiger partial charge on any atom is -0.464 e. The molecule has 0 N–H and O–H groups in total. The van der Waals surface area contributed by atoms with Crippen molar-refractivity contribution in [1.82, 2.24) is 4.90 Å². The van der Waals surface area contributed by atoms with Crippen molar-refractivity contribution in [3.05, 3.63) is 0 Å². The number of ether oxygens (including phenoxy) is 2. The Hall–Kier alpha value is -1.26. The summed E-state index contributed by atoms with van der Waals surface area (Å²) in [5.74, 6) is -0.346. The normalized spacial score (nSPS) is 11.8. The molecule has 0 aliphatic heterocycles. The minimum atomic E-state index is -0.533. The van der Waals surface area contributed by atoms with Crippen molar-refractivity contribution in [1.29, 1.82) is 0 Å². The van der Waals surface area contributed by atoms with Crippen LogP contribution < -0.4 is 0 Å². The average Bonchev–Trinajstić information content (AvgIpc) is 2.34. The van der Waals surface area contributed by atoms with Gasteiger partial charge in [-0.1, -0.05) is 19.8 Å². The smallest absolute Gasteiger partial charge is 0.410 e. The maximum atomic E-state index is 11.9. The van der Waals surface area contributed by atoms with Crippen molar-refractivity contribution in [2.45, 2.75) is 53.0 Å². The van der Waals surface area contributed by atoms with Gasteiger partial charge in [0.05, 0.1) is 13.2 Å². The molecule has 0 aromatic carbocycles. The highest BCUT2D eigenvalue weighted by molar-refractivity contribution is 5.81. The van der Waals surface area contributed by atoms with Gasteiger partial charge in [-0.3, -0.25) is 4.90 Å². The van der Waals surface area contributed by atoms with Crippen LogP contribution >= 0.6 is 0 Å². The molecule has 0 aliphatic carbocycles. The van der Waals surface area contributed by atoms with Gasteiger partial charge >= 0.3 is 12.1 Å². The van der Waals surface area contributed by atoms with Crippen LogP contribution in [0.25, 0.3) is 0 Å². The maximum absolute atomic E-state index is 11.9. The Kier molecular flexibility index (Phi) is 9.06. The lowest BCUT2D eigenvalue weighted by molar-refractivity contribution is -0.149. The van der Waals surface area contributed by atoms with Crippen LogP contribution in [0.2, 0.25) is 0 Å². The Morgan fingerprint density at radius 1 is 1.06 bits per heavy atom.